The number of hydrogen-bond acceptors (Lipinski definition) is 2. The van der Waals surface area contributed by atoms with Crippen LogP contribution in [0.5, 0.6) is 0 Å². The van der Waals surface area contributed by atoms with Crippen molar-refractivity contribution >= 4 is 10.8 Å². The molecule has 1 aliphatic carbocycles. The molecule has 84 valence electrons. The number of hydrogen-bond donors (Lipinski definition) is 1. The summed E-state index contributed by atoms with van der Waals surface area (Å²) in [6.45, 7) is 7.60. The highest BCUT2D eigenvalue weighted by Crippen LogP contribution is 2.36. The summed E-state index contributed by atoms with van der Waals surface area (Å²) < 4.78 is 11.1. The van der Waals surface area contributed by atoms with Gasteiger partial charge < -0.3 is 5.32 Å². The quantitative estimate of drug-likeness (QED) is 0.779. The van der Waals surface area contributed by atoms with Gasteiger partial charge in [0.15, 0.2) is 0 Å². The van der Waals surface area contributed by atoms with Crippen molar-refractivity contribution in [2.45, 2.75) is 51.3 Å². The summed E-state index contributed by atoms with van der Waals surface area (Å²) in [6.07, 6.45) is 5.63. The molecule has 2 nitrogen and oxygen atoms in total. The van der Waals surface area contributed by atoms with E-state index in [1.165, 1.54) is 19.3 Å². The second kappa shape index (κ2) is 4.75. The third-order valence-corrected chi connectivity index (χ3v) is 4.53. The molecule has 3 unspecified atom stereocenters. The first kappa shape index (κ1) is 12.2. The first-order chi connectivity index (χ1) is 6.41. The lowest BCUT2D eigenvalue weighted by atomic mass is 9.92. The average Bonchev–Trinajstić information content (AvgIpc) is 2.41. The molecule has 0 saturated heterocycles. The van der Waals surface area contributed by atoms with Gasteiger partial charge in [-0.05, 0) is 31.6 Å². The van der Waals surface area contributed by atoms with Crippen LogP contribution in [0.15, 0.2) is 0 Å². The van der Waals surface area contributed by atoms with E-state index >= 15 is 0 Å². The predicted octanol–water partition coefficient (Wildman–Crippen LogP) is 1.92. The molecular formula is C11H23NOS. The summed E-state index contributed by atoms with van der Waals surface area (Å²) in [7, 11) is -0.692. The van der Waals surface area contributed by atoms with E-state index < -0.39 is 10.8 Å². The van der Waals surface area contributed by atoms with Crippen LogP contribution in [0.4, 0.5) is 0 Å². The van der Waals surface area contributed by atoms with Gasteiger partial charge in [-0.1, -0.05) is 13.8 Å². The second-order valence-electron chi connectivity index (χ2n) is 5.32. The van der Waals surface area contributed by atoms with Crippen molar-refractivity contribution in [3.05, 3.63) is 0 Å². The minimum Gasteiger partial charge on any atom is -0.313 e. The molecule has 0 spiro atoms. The van der Waals surface area contributed by atoms with E-state index in [0.29, 0.717) is 11.5 Å². The molecule has 0 aromatic carbocycles. The van der Waals surface area contributed by atoms with E-state index in [-0.39, 0.29) is 5.25 Å². The fraction of sp³-hybridized carbons (Fsp3) is 1.00. The van der Waals surface area contributed by atoms with Gasteiger partial charge >= 0.3 is 0 Å². The Morgan fingerprint density at radius 1 is 1.57 bits per heavy atom. The molecule has 14 heavy (non-hydrogen) atoms. The molecule has 0 aromatic heterocycles. The van der Waals surface area contributed by atoms with Crippen LogP contribution in [0.2, 0.25) is 0 Å². The first-order valence-corrected chi connectivity index (χ1v) is 7.08. The molecule has 0 aromatic rings. The van der Waals surface area contributed by atoms with Gasteiger partial charge in [0.2, 0.25) is 0 Å². The summed E-state index contributed by atoms with van der Waals surface area (Å²) >= 11 is 0. The van der Waals surface area contributed by atoms with Crippen molar-refractivity contribution in [1.29, 1.82) is 0 Å². The van der Waals surface area contributed by atoms with Crippen LogP contribution < -0.4 is 5.32 Å². The van der Waals surface area contributed by atoms with Crippen LogP contribution in [0.1, 0.15) is 40.0 Å². The highest BCUT2D eigenvalue weighted by atomic mass is 32.2. The van der Waals surface area contributed by atoms with E-state index in [4.69, 9.17) is 0 Å². The van der Waals surface area contributed by atoms with E-state index in [1.54, 1.807) is 6.26 Å². The van der Waals surface area contributed by atoms with Gasteiger partial charge in [-0.15, -0.1) is 0 Å². The Hall–Kier alpha value is 0.110. The first-order valence-electron chi connectivity index (χ1n) is 5.46. The lowest BCUT2D eigenvalue weighted by Gasteiger charge is -2.19. The zero-order valence-corrected chi connectivity index (χ0v) is 10.6. The van der Waals surface area contributed by atoms with Crippen molar-refractivity contribution in [2.24, 2.45) is 5.41 Å². The molecule has 3 heteroatoms. The second-order valence-corrected chi connectivity index (χ2v) is 7.12. The van der Waals surface area contributed by atoms with E-state index in [0.717, 1.165) is 6.54 Å². The van der Waals surface area contributed by atoms with Gasteiger partial charge in [-0.25, -0.2) is 0 Å². The van der Waals surface area contributed by atoms with Gasteiger partial charge in [0.1, 0.15) is 0 Å². The zero-order valence-electron chi connectivity index (χ0n) is 9.80. The third-order valence-electron chi connectivity index (χ3n) is 3.23. The van der Waals surface area contributed by atoms with Crippen LogP contribution in [0.3, 0.4) is 0 Å². The Morgan fingerprint density at radius 3 is 2.64 bits per heavy atom. The molecule has 0 amide bonds. The topological polar surface area (TPSA) is 29.1 Å². The monoisotopic (exact) mass is 217 g/mol. The maximum Gasteiger partial charge on any atom is 0.0441 e. The van der Waals surface area contributed by atoms with Crippen molar-refractivity contribution < 1.29 is 4.21 Å². The summed E-state index contributed by atoms with van der Waals surface area (Å²) in [5.74, 6) is 0. The Kier molecular flexibility index (Phi) is 4.14. The minimum absolute atomic E-state index is 0.277. The molecule has 1 fully saturated rings. The largest absolute Gasteiger partial charge is 0.313 e. The molecule has 3 atom stereocenters. The van der Waals surface area contributed by atoms with Crippen LogP contribution in [-0.4, -0.2) is 28.3 Å². The van der Waals surface area contributed by atoms with Crippen molar-refractivity contribution in [3.63, 3.8) is 0 Å². The number of rotatable bonds is 4. The Bertz CT molecular complexity index is 215. The van der Waals surface area contributed by atoms with Gasteiger partial charge in [0, 0.05) is 34.9 Å². The molecule has 1 N–H and O–H groups in total. The van der Waals surface area contributed by atoms with E-state index in [9.17, 15) is 4.21 Å². The van der Waals surface area contributed by atoms with E-state index in [1.807, 2.05) is 6.92 Å². The lowest BCUT2D eigenvalue weighted by molar-refractivity contribution is 0.365. The summed E-state index contributed by atoms with van der Waals surface area (Å²) in [5.41, 5.74) is 0.506. The molecule has 0 radical (unpaired) electrons. The summed E-state index contributed by atoms with van der Waals surface area (Å²) in [6, 6.07) is 0.649. The Balaban J connectivity index is 2.24. The van der Waals surface area contributed by atoms with Crippen molar-refractivity contribution in [3.8, 4) is 0 Å². The Labute approximate surface area is 90.3 Å². The van der Waals surface area contributed by atoms with Gasteiger partial charge in [-0.3, -0.25) is 4.21 Å². The summed E-state index contributed by atoms with van der Waals surface area (Å²) in [5, 5.41) is 3.80. The molecule has 1 saturated carbocycles. The summed E-state index contributed by atoms with van der Waals surface area (Å²) in [4.78, 5) is 0. The molecule has 0 bridgehead atoms. The van der Waals surface area contributed by atoms with Crippen molar-refractivity contribution in [2.75, 3.05) is 12.8 Å². The van der Waals surface area contributed by atoms with Crippen LogP contribution >= 0.6 is 0 Å². The molecule has 0 heterocycles. The van der Waals surface area contributed by atoms with Crippen LogP contribution in [-0.2, 0) is 10.8 Å². The standard InChI is InChI=1S/C11H23NOS/c1-9(14(4)13)8-12-10-5-6-11(2,3)7-10/h9-10,12H,5-8H2,1-4H3. The maximum absolute atomic E-state index is 11.1. The van der Waals surface area contributed by atoms with E-state index in [2.05, 4.69) is 19.2 Å². The van der Waals surface area contributed by atoms with Gasteiger partial charge in [0.05, 0.1) is 0 Å². The SMILES string of the molecule is CC(CNC1CCC(C)(C)C1)S(C)=O. The molecule has 1 aliphatic rings. The minimum atomic E-state index is -0.692. The average molecular weight is 217 g/mol. The maximum atomic E-state index is 11.1. The fourth-order valence-corrected chi connectivity index (χ4v) is 2.39. The molecule has 0 aliphatic heterocycles. The molecule has 1 rings (SSSR count). The van der Waals surface area contributed by atoms with Crippen molar-refractivity contribution in [1.82, 2.24) is 5.32 Å². The smallest absolute Gasteiger partial charge is 0.0441 e. The van der Waals surface area contributed by atoms with Gasteiger partial charge in [0.25, 0.3) is 0 Å². The highest BCUT2D eigenvalue weighted by Gasteiger charge is 2.30. The predicted molar refractivity (Wildman–Crippen MR) is 63.0 cm³/mol. The molecular weight excluding hydrogens is 194 g/mol. The lowest BCUT2D eigenvalue weighted by Crippen LogP contribution is -2.34. The number of nitrogens with one attached hydrogen (secondary N) is 1. The van der Waals surface area contributed by atoms with Crippen LogP contribution in [0, 0.1) is 5.41 Å². The zero-order chi connectivity index (χ0) is 10.8. The normalized spacial score (nSPS) is 30.1. The highest BCUT2D eigenvalue weighted by molar-refractivity contribution is 7.84. The third kappa shape index (κ3) is 3.70. The Morgan fingerprint density at radius 2 is 2.21 bits per heavy atom. The fourth-order valence-electron chi connectivity index (χ4n) is 2.06. The van der Waals surface area contributed by atoms with Gasteiger partial charge in [-0.2, -0.15) is 0 Å². The van der Waals surface area contributed by atoms with Crippen LogP contribution in [0.25, 0.3) is 0 Å².